The standard InChI is InChI=1S/C9H18O4S/c1-3-6-4-7(5-14(2,12)13)9(11)8(6)10/h6-11H,3-5H2,1-2H3. The molecule has 4 unspecified atom stereocenters. The van der Waals surface area contributed by atoms with Crippen molar-refractivity contribution in [2.45, 2.75) is 32.0 Å². The van der Waals surface area contributed by atoms with Crippen LogP contribution in [0.25, 0.3) is 0 Å². The van der Waals surface area contributed by atoms with Crippen molar-refractivity contribution < 1.29 is 18.6 Å². The van der Waals surface area contributed by atoms with Crippen LogP contribution in [0.15, 0.2) is 0 Å². The van der Waals surface area contributed by atoms with Crippen LogP contribution in [0.3, 0.4) is 0 Å². The van der Waals surface area contributed by atoms with Gasteiger partial charge in [-0.2, -0.15) is 0 Å². The summed E-state index contributed by atoms with van der Waals surface area (Å²) < 4.78 is 22.1. The van der Waals surface area contributed by atoms with Gasteiger partial charge in [-0.15, -0.1) is 0 Å². The molecular weight excluding hydrogens is 204 g/mol. The average molecular weight is 222 g/mol. The lowest BCUT2D eigenvalue weighted by molar-refractivity contribution is 0.00672. The Balaban J connectivity index is 2.66. The molecule has 0 saturated heterocycles. The van der Waals surface area contributed by atoms with Crippen molar-refractivity contribution in [3.63, 3.8) is 0 Å². The van der Waals surface area contributed by atoms with Crippen LogP contribution in [0, 0.1) is 11.8 Å². The molecule has 1 fully saturated rings. The van der Waals surface area contributed by atoms with Crippen LogP contribution in [0.4, 0.5) is 0 Å². The minimum Gasteiger partial charge on any atom is -0.390 e. The molecule has 5 heteroatoms. The molecule has 0 amide bonds. The Morgan fingerprint density at radius 3 is 2.07 bits per heavy atom. The van der Waals surface area contributed by atoms with Crippen LogP contribution in [-0.4, -0.2) is 42.8 Å². The summed E-state index contributed by atoms with van der Waals surface area (Å²) in [4.78, 5) is 0. The number of sulfone groups is 1. The maximum atomic E-state index is 11.0. The van der Waals surface area contributed by atoms with Gasteiger partial charge in [0.25, 0.3) is 0 Å². The summed E-state index contributed by atoms with van der Waals surface area (Å²) in [6, 6.07) is 0. The summed E-state index contributed by atoms with van der Waals surface area (Å²) in [5.74, 6) is -0.288. The summed E-state index contributed by atoms with van der Waals surface area (Å²) in [6.07, 6.45) is 0.900. The lowest BCUT2D eigenvalue weighted by atomic mass is 10.0. The van der Waals surface area contributed by atoms with Gasteiger partial charge in [0, 0.05) is 12.2 Å². The lowest BCUT2D eigenvalue weighted by Gasteiger charge is -2.15. The van der Waals surface area contributed by atoms with Crippen LogP contribution in [0.2, 0.25) is 0 Å². The zero-order valence-electron chi connectivity index (χ0n) is 8.55. The molecule has 0 aliphatic heterocycles. The first kappa shape index (κ1) is 11.9. The van der Waals surface area contributed by atoms with Crippen LogP contribution < -0.4 is 0 Å². The van der Waals surface area contributed by atoms with Gasteiger partial charge in [-0.05, 0) is 12.3 Å². The van der Waals surface area contributed by atoms with E-state index in [4.69, 9.17) is 0 Å². The topological polar surface area (TPSA) is 74.6 Å². The highest BCUT2D eigenvalue weighted by Gasteiger charge is 2.41. The molecule has 14 heavy (non-hydrogen) atoms. The second-order valence-corrected chi connectivity index (χ2v) is 6.42. The zero-order valence-corrected chi connectivity index (χ0v) is 9.37. The largest absolute Gasteiger partial charge is 0.390 e. The molecule has 1 saturated carbocycles. The molecule has 0 aromatic heterocycles. The fraction of sp³-hybridized carbons (Fsp3) is 1.00. The minimum absolute atomic E-state index is 0.0261. The van der Waals surface area contributed by atoms with Crippen LogP contribution >= 0.6 is 0 Å². The van der Waals surface area contributed by atoms with Gasteiger partial charge in [-0.1, -0.05) is 13.3 Å². The van der Waals surface area contributed by atoms with E-state index in [1.165, 1.54) is 0 Å². The first-order chi connectivity index (χ1) is 6.35. The van der Waals surface area contributed by atoms with E-state index >= 15 is 0 Å². The zero-order chi connectivity index (χ0) is 10.9. The van der Waals surface area contributed by atoms with E-state index < -0.39 is 22.0 Å². The SMILES string of the molecule is CCC1CC(CS(C)(=O)=O)C(O)C1O. The molecule has 0 aromatic rings. The molecule has 0 heterocycles. The minimum atomic E-state index is -3.07. The molecule has 1 aliphatic carbocycles. The summed E-state index contributed by atoms with van der Waals surface area (Å²) in [7, 11) is -3.07. The molecular formula is C9H18O4S. The number of hydrogen-bond acceptors (Lipinski definition) is 4. The Hall–Kier alpha value is -0.130. The predicted molar refractivity (Wildman–Crippen MR) is 53.6 cm³/mol. The van der Waals surface area contributed by atoms with Gasteiger partial charge >= 0.3 is 0 Å². The summed E-state index contributed by atoms with van der Waals surface area (Å²) in [6.45, 7) is 1.93. The molecule has 2 N–H and O–H groups in total. The highest BCUT2D eigenvalue weighted by atomic mass is 32.2. The first-order valence-corrected chi connectivity index (χ1v) is 6.95. The molecule has 4 atom stereocenters. The Kier molecular flexibility index (Phi) is 3.55. The van der Waals surface area contributed by atoms with E-state index in [2.05, 4.69) is 0 Å². The van der Waals surface area contributed by atoms with Gasteiger partial charge in [0.2, 0.25) is 0 Å². The quantitative estimate of drug-likeness (QED) is 0.693. The fourth-order valence-electron chi connectivity index (χ4n) is 2.19. The Morgan fingerprint density at radius 1 is 1.21 bits per heavy atom. The summed E-state index contributed by atoms with van der Waals surface area (Å²) in [5, 5.41) is 19.2. The summed E-state index contributed by atoms with van der Waals surface area (Å²) >= 11 is 0. The molecule has 0 aromatic carbocycles. The normalized spacial score (nSPS) is 38.9. The van der Waals surface area contributed by atoms with Crippen molar-refractivity contribution in [1.29, 1.82) is 0 Å². The molecule has 1 aliphatic rings. The maximum absolute atomic E-state index is 11.0. The van der Waals surface area contributed by atoms with Crippen molar-refractivity contribution in [2.75, 3.05) is 12.0 Å². The average Bonchev–Trinajstić information content (AvgIpc) is 2.30. The van der Waals surface area contributed by atoms with Gasteiger partial charge in [0.15, 0.2) is 0 Å². The van der Waals surface area contributed by atoms with Crippen LogP contribution in [-0.2, 0) is 9.84 Å². The Bertz CT molecular complexity index is 285. The second-order valence-electron chi connectivity index (χ2n) is 4.24. The van der Waals surface area contributed by atoms with Crippen molar-refractivity contribution in [1.82, 2.24) is 0 Å². The van der Waals surface area contributed by atoms with E-state index in [-0.39, 0.29) is 17.6 Å². The van der Waals surface area contributed by atoms with Crippen LogP contribution in [0.1, 0.15) is 19.8 Å². The number of hydrogen-bond donors (Lipinski definition) is 2. The molecule has 0 bridgehead atoms. The summed E-state index contributed by atoms with van der Waals surface area (Å²) in [5.41, 5.74) is 0. The van der Waals surface area contributed by atoms with E-state index in [9.17, 15) is 18.6 Å². The molecule has 4 nitrogen and oxygen atoms in total. The number of aliphatic hydroxyl groups excluding tert-OH is 2. The van der Waals surface area contributed by atoms with Gasteiger partial charge in [0.1, 0.15) is 9.84 Å². The van der Waals surface area contributed by atoms with Crippen molar-refractivity contribution in [3.05, 3.63) is 0 Å². The Morgan fingerprint density at radius 2 is 1.71 bits per heavy atom. The third-order valence-corrected chi connectivity index (χ3v) is 4.00. The molecule has 84 valence electrons. The highest BCUT2D eigenvalue weighted by molar-refractivity contribution is 7.90. The van der Waals surface area contributed by atoms with Crippen molar-refractivity contribution in [2.24, 2.45) is 11.8 Å². The fourth-order valence-corrected chi connectivity index (χ4v) is 3.30. The van der Waals surface area contributed by atoms with E-state index in [0.717, 1.165) is 12.7 Å². The van der Waals surface area contributed by atoms with Crippen molar-refractivity contribution >= 4 is 9.84 Å². The molecule has 0 spiro atoms. The predicted octanol–water partition coefficient (Wildman–Crippen LogP) is -0.201. The first-order valence-electron chi connectivity index (χ1n) is 4.89. The third-order valence-electron chi connectivity index (χ3n) is 2.96. The van der Waals surface area contributed by atoms with Crippen LogP contribution in [0.5, 0.6) is 0 Å². The third kappa shape index (κ3) is 2.68. The van der Waals surface area contributed by atoms with E-state index in [0.29, 0.717) is 6.42 Å². The van der Waals surface area contributed by atoms with Gasteiger partial charge in [0.05, 0.1) is 18.0 Å². The Labute approximate surface area is 84.9 Å². The van der Waals surface area contributed by atoms with Gasteiger partial charge in [-0.3, -0.25) is 0 Å². The monoisotopic (exact) mass is 222 g/mol. The van der Waals surface area contributed by atoms with E-state index in [1.54, 1.807) is 0 Å². The smallest absolute Gasteiger partial charge is 0.147 e. The number of aliphatic hydroxyl groups is 2. The number of rotatable bonds is 3. The van der Waals surface area contributed by atoms with Crippen molar-refractivity contribution in [3.8, 4) is 0 Å². The molecule has 0 radical (unpaired) electrons. The van der Waals surface area contributed by atoms with E-state index in [1.807, 2.05) is 6.92 Å². The molecule has 1 rings (SSSR count). The highest BCUT2D eigenvalue weighted by Crippen LogP contribution is 2.34. The second kappa shape index (κ2) is 4.16. The van der Waals surface area contributed by atoms with Gasteiger partial charge in [-0.25, -0.2) is 8.42 Å². The lowest BCUT2D eigenvalue weighted by Crippen LogP contribution is -2.30. The van der Waals surface area contributed by atoms with Gasteiger partial charge < -0.3 is 10.2 Å². The maximum Gasteiger partial charge on any atom is 0.147 e.